The summed E-state index contributed by atoms with van der Waals surface area (Å²) in [5, 5.41) is 0.949. The molecule has 0 saturated heterocycles. The summed E-state index contributed by atoms with van der Waals surface area (Å²) in [6.07, 6.45) is 0. The fourth-order valence-corrected chi connectivity index (χ4v) is 3.24. The van der Waals surface area contributed by atoms with Crippen LogP contribution in [0, 0.1) is 0 Å². The van der Waals surface area contributed by atoms with Crippen LogP contribution in [0.25, 0.3) is 20.8 Å². The van der Waals surface area contributed by atoms with Gasteiger partial charge in [-0.3, -0.25) is 0 Å². The van der Waals surface area contributed by atoms with Crippen LogP contribution in [-0.4, -0.2) is 25.8 Å². The summed E-state index contributed by atoms with van der Waals surface area (Å²) in [4.78, 5) is 4.68. The molecule has 0 unspecified atom stereocenters. The Morgan fingerprint density at radius 2 is 1.82 bits per heavy atom. The number of nitrogens with zero attached hydrogens (tertiary/aromatic N) is 1. The van der Waals surface area contributed by atoms with Crippen LogP contribution in [0.15, 0.2) is 36.4 Å². The minimum Gasteiger partial charge on any atom is -0.494 e. The van der Waals surface area contributed by atoms with Crippen molar-refractivity contribution in [3.63, 3.8) is 0 Å². The van der Waals surface area contributed by atoms with Crippen LogP contribution in [0.3, 0.4) is 0 Å². The number of thiazole rings is 1. The summed E-state index contributed by atoms with van der Waals surface area (Å²) in [5.41, 5.74) is 1.98. The number of hydrogen-bond acceptors (Lipinski definition) is 5. The van der Waals surface area contributed by atoms with Gasteiger partial charge in [-0.1, -0.05) is 0 Å². The summed E-state index contributed by atoms with van der Waals surface area (Å²) >= 11 is 1.64. The third kappa shape index (κ3) is 2.72. The van der Waals surface area contributed by atoms with Crippen LogP contribution in [0.2, 0.25) is 0 Å². The molecule has 0 radical (unpaired) electrons. The minimum absolute atomic E-state index is 0.660. The topological polar surface area (TPSA) is 40.6 Å². The second kappa shape index (κ2) is 6.23. The summed E-state index contributed by atoms with van der Waals surface area (Å²) in [7, 11) is 3.26. The van der Waals surface area contributed by atoms with E-state index in [9.17, 15) is 0 Å². The van der Waals surface area contributed by atoms with Gasteiger partial charge in [-0.2, -0.15) is 0 Å². The molecule has 0 saturated carbocycles. The maximum Gasteiger partial charge on any atom is 0.161 e. The van der Waals surface area contributed by atoms with E-state index in [0.717, 1.165) is 26.5 Å². The molecule has 2 aromatic carbocycles. The second-order valence-electron chi connectivity index (χ2n) is 4.65. The van der Waals surface area contributed by atoms with Crippen LogP contribution in [0.5, 0.6) is 17.2 Å². The van der Waals surface area contributed by atoms with Crippen molar-refractivity contribution < 1.29 is 14.2 Å². The lowest BCUT2D eigenvalue weighted by Crippen LogP contribution is -1.90. The standard InChI is InChI=1S/C17H17NO3S/c1-4-21-12-6-7-13-16(10-12)22-17(18-13)11-5-8-14(19-2)15(9-11)20-3/h5-10H,4H2,1-3H3. The van der Waals surface area contributed by atoms with Crippen molar-refractivity contribution in [2.75, 3.05) is 20.8 Å². The van der Waals surface area contributed by atoms with Crippen molar-refractivity contribution in [1.29, 1.82) is 0 Å². The molecule has 3 rings (SSSR count). The molecular weight excluding hydrogens is 298 g/mol. The van der Waals surface area contributed by atoms with E-state index in [1.165, 1.54) is 0 Å². The number of ether oxygens (including phenoxy) is 3. The van der Waals surface area contributed by atoms with Gasteiger partial charge >= 0.3 is 0 Å². The number of hydrogen-bond donors (Lipinski definition) is 0. The van der Waals surface area contributed by atoms with Gasteiger partial charge in [0.05, 0.1) is 31.0 Å². The molecule has 0 atom stereocenters. The van der Waals surface area contributed by atoms with E-state index in [2.05, 4.69) is 4.98 Å². The Hall–Kier alpha value is -2.27. The zero-order chi connectivity index (χ0) is 15.5. The average molecular weight is 315 g/mol. The average Bonchev–Trinajstić information content (AvgIpc) is 2.97. The highest BCUT2D eigenvalue weighted by Crippen LogP contribution is 2.36. The van der Waals surface area contributed by atoms with Gasteiger partial charge in [0.1, 0.15) is 10.8 Å². The first-order valence-corrected chi connectivity index (χ1v) is 7.82. The predicted molar refractivity (Wildman–Crippen MR) is 89.3 cm³/mol. The number of aromatic nitrogens is 1. The maximum absolute atomic E-state index is 5.54. The Morgan fingerprint density at radius 3 is 2.55 bits per heavy atom. The van der Waals surface area contributed by atoms with Crippen molar-refractivity contribution in [3.8, 4) is 27.8 Å². The molecule has 0 aliphatic carbocycles. The first-order valence-electron chi connectivity index (χ1n) is 7.01. The molecule has 0 amide bonds. The molecule has 0 fully saturated rings. The quantitative estimate of drug-likeness (QED) is 0.700. The highest BCUT2D eigenvalue weighted by molar-refractivity contribution is 7.21. The van der Waals surface area contributed by atoms with Crippen LogP contribution >= 0.6 is 11.3 Å². The molecular formula is C17H17NO3S. The van der Waals surface area contributed by atoms with Crippen LogP contribution < -0.4 is 14.2 Å². The fourth-order valence-electron chi connectivity index (χ4n) is 2.25. The molecule has 1 heterocycles. The molecule has 5 heteroatoms. The Balaban J connectivity index is 2.02. The molecule has 0 spiro atoms. The third-order valence-electron chi connectivity index (χ3n) is 3.30. The SMILES string of the molecule is CCOc1ccc2nc(-c3ccc(OC)c(OC)c3)sc2c1. The van der Waals surface area contributed by atoms with Gasteiger partial charge < -0.3 is 14.2 Å². The first-order chi connectivity index (χ1) is 10.7. The minimum atomic E-state index is 0.660. The van der Waals surface area contributed by atoms with E-state index in [4.69, 9.17) is 14.2 Å². The largest absolute Gasteiger partial charge is 0.494 e. The van der Waals surface area contributed by atoms with Gasteiger partial charge in [-0.25, -0.2) is 4.98 Å². The van der Waals surface area contributed by atoms with Gasteiger partial charge in [0.15, 0.2) is 11.5 Å². The number of rotatable bonds is 5. The first kappa shape index (κ1) is 14.7. The monoisotopic (exact) mass is 315 g/mol. The van der Waals surface area contributed by atoms with Crippen molar-refractivity contribution in [2.24, 2.45) is 0 Å². The van der Waals surface area contributed by atoms with Crippen LogP contribution in [-0.2, 0) is 0 Å². The summed E-state index contributed by atoms with van der Waals surface area (Å²) in [6.45, 7) is 2.64. The van der Waals surface area contributed by atoms with E-state index in [1.807, 2.05) is 43.3 Å². The van der Waals surface area contributed by atoms with E-state index >= 15 is 0 Å². The Bertz CT molecular complexity index is 798. The predicted octanol–water partition coefficient (Wildman–Crippen LogP) is 4.38. The maximum atomic E-state index is 5.54. The Morgan fingerprint density at radius 1 is 1.00 bits per heavy atom. The zero-order valence-corrected chi connectivity index (χ0v) is 13.6. The lowest BCUT2D eigenvalue weighted by Gasteiger charge is -2.08. The van der Waals surface area contributed by atoms with E-state index in [1.54, 1.807) is 25.6 Å². The van der Waals surface area contributed by atoms with Crippen molar-refractivity contribution in [2.45, 2.75) is 6.92 Å². The molecule has 0 bridgehead atoms. The summed E-state index contributed by atoms with van der Waals surface area (Å²) < 4.78 is 17.3. The van der Waals surface area contributed by atoms with Gasteiger partial charge in [0.25, 0.3) is 0 Å². The molecule has 3 aromatic rings. The molecule has 0 aliphatic heterocycles. The fraction of sp³-hybridized carbons (Fsp3) is 0.235. The van der Waals surface area contributed by atoms with Crippen molar-refractivity contribution >= 4 is 21.6 Å². The van der Waals surface area contributed by atoms with Gasteiger partial charge in [0.2, 0.25) is 0 Å². The van der Waals surface area contributed by atoms with E-state index < -0.39 is 0 Å². The molecule has 1 aromatic heterocycles. The molecule has 0 aliphatic rings. The number of methoxy groups -OCH3 is 2. The summed E-state index contributed by atoms with van der Waals surface area (Å²) in [6, 6.07) is 11.8. The number of fused-ring (bicyclic) bond motifs is 1. The highest BCUT2D eigenvalue weighted by atomic mass is 32.1. The molecule has 0 N–H and O–H groups in total. The Labute approximate surface area is 133 Å². The van der Waals surface area contributed by atoms with Crippen molar-refractivity contribution in [3.05, 3.63) is 36.4 Å². The second-order valence-corrected chi connectivity index (χ2v) is 5.68. The van der Waals surface area contributed by atoms with Crippen molar-refractivity contribution in [1.82, 2.24) is 4.98 Å². The lowest BCUT2D eigenvalue weighted by atomic mass is 10.2. The highest BCUT2D eigenvalue weighted by Gasteiger charge is 2.11. The zero-order valence-electron chi connectivity index (χ0n) is 12.8. The van der Waals surface area contributed by atoms with Gasteiger partial charge in [-0.15, -0.1) is 11.3 Å². The Kier molecular flexibility index (Phi) is 4.15. The van der Waals surface area contributed by atoms with Gasteiger partial charge in [-0.05, 0) is 43.3 Å². The van der Waals surface area contributed by atoms with Crippen LogP contribution in [0.1, 0.15) is 6.92 Å². The molecule has 114 valence electrons. The normalized spacial score (nSPS) is 10.7. The third-order valence-corrected chi connectivity index (χ3v) is 4.37. The van der Waals surface area contributed by atoms with E-state index in [-0.39, 0.29) is 0 Å². The van der Waals surface area contributed by atoms with Crippen LogP contribution in [0.4, 0.5) is 0 Å². The van der Waals surface area contributed by atoms with E-state index in [0.29, 0.717) is 18.1 Å². The summed E-state index contributed by atoms with van der Waals surface area (Å²) in [5.74, 6) is 2.29. The van der Waals surface area contributed by atoms with Gasteiger partial charge in [0, 0.05) is 5.56 Å². The smallest absolute Gasteiger partial charge is 0.161 e. The lowest BCUT2D eigenvalue weighted by molar-refractivity contribution is 0.341. The number of benzene rings is 2. The molecule has 4 nitrogen and oxygen atoms in total. The molecule has 22 heavy (non-hydrogen) atoms.